The van der Waals surface area contributed by atoms with Gasteiger partial charge in [-0.05, 0) is 19.1 Å². The van der Waals surface area contributed by atoms with Crippen LogP contribution in [0, 0.1) is 6.92 Å². The first-order chi connectivity index (χ1) is 9.39. The summed E-state index contributed by atoms with van der Waals surface area (Å²) >= 11 is 13.5. The molecule has 0 unspecified atom stereocenters. The number of thiophene rings is 1. The molecule has 1 aromatic heterocycles. The highest BCUT2D eigenvalue weighted by Gasteiger charge is 2.34. The van der Waals surface area contributed by atoms with E-state index in [4.69, 9.17) is 23.2 Å². The molecule has 20 heavy (non-hydrogen) atoms. The van der Waals surface area contributed by atoms with Gasteiger partial charge in [-0.2, -0.15) is 4.31 Å². The van der Waals surface area contributed by atoms with Crippen LogP contribution in [0.2, 0.25) is 8.67 Å². The van der Waals surface area contributed by atoms with E-state index in [1.165, 1.54) is 15.6 Å². The van der Waals surface area contributed by atoms with E-state index in [1.807, 2.05) is 6.92 Å². The summed E-state index contributed by atoms with van der Waals surface area (Å²) < 4.78 is 27.7. The van der Waals surface area contributed by atoms with Gasteiger partial charge in [0.15, 0.2) is 0 Å². The van der Waals surface area contributed by atoms with Crippen molar-refractivity contribution in [3.05, 3.63) is 49.6 Å². The standard InChI is InChI=1S/C13H11Cl2NO2S2/c1-8-2-4-9(5-3-8)20(17,18)16-6-10-11(7-16)13(15)19-12(10)14/h2-5H,6-7H2,1H3. The first-order valence-electron chi connectivity index (χ1n) is 5.92. The fraction of sp³-hybridized carbons (Fsp3) is 0.231. The smallest absolute Gasteiger partial charge is 0.207 e. The van der Waals surface area contributed by atoms with E-state index in [9.17, 15) is 8.42 Å². The normalized spacial score (nSPS) is 15.6. The molecule has 0 radical (unpaired) electrons. The van der Waals surface area contributed by atoms with Crippen LogP contribution in [0.4, 0.5) is 0 Å². The summed E-state index contributed by atoms with van der Waals surface area (Å²) in [7, 11) is -3.51. The lowest BCUT2D eigenvalue weighted by Crippen LogP contribution is -2.25. The average Bonchev–Trinajstić information content (AvgIpc) is 2.93. The van der Waals surface area contributed by atoms with Gasteiger partial charge in [0.2, 0.25) is 10.0 Å². The van der Waals surface area contributed by atoms with Crippen molar-refractivity contribution in [1.29, 1.82) is 0 Å². The van der Waals surface area contributed by atoms with Gasteiger partial charge in [-0.3, -0.25) is 0 Å². The summed E-state index contributed by atoms with van der Waals surface area (Å²) in [5, 5.41) is 0. The predicted molar refractivity (Wildman–Crippen MR) is 82.0 cm³/mol. The zero-order valence-electron chi connectivity index (χ0n) is 10.6. The second-order valence-electron chi connectivity index (χ2n) is 4.69. The van der Waals surface area contributed by atoms with Crippen LogP contribution in [0.15, 0.2) is 29.2 Å². The summed E-state index contributed by atoms with van der Waals surface area (Å²) in [6.45, 7) is 2.49. The van der Waals surface area contributed by atoms with Crippen LogP contribution in [-0.4, -0.2) is 12.7 Å². The largest absolute Gasteiger partial charge is 0.243 e. The van der Waals surface area contributed by atoms with E-state index in [-0.39, 0.29) is 13.1 Å². The van der Waals surface area contributed by atoms with Crippen molar-refractivity contribution in [2.45, 2.75) is 24.9 Å². The number of halogens is 2. The maximum atomic E-state index is 12.6. The Balaban J connectivity index is 1.95. The Morgan fingerprint density at radius 3 is 2.05 bits per heavy atom. The van der Waals surface area contributed by atoms with Crippen LogP contribution in [0.5, 0.6) is 0 Å². The Morgan fingerprint density at radius 2 is 1.55 bits per heavy atom. The zero-order chi connectivity index (χ0) is 14.5. The third kappa shape index (κ3) is 2.27. The first-order valence-corrected chi connectivity index (χ1v) is 8.93. The van der Waals surface area contributed by atoms with E-state index in [1.54, 1.807) is 24.3 Å². The van der Waals surface area contributed by atoms with Gasteiger partial charge in [-0.25, -0.2) is 8.42 Å². The minimum atomic E-state index is -3.51. The summed E-state index contributed by atoms with van der Waals surface area (Å²) in [5.41, 5.74) is 2.69. The van der Waals surface area contributed by atoms with Gasteiger partial charge in [0.25, 0.3) is 0 Å². The summed E-state index contributed by atoms with van der Waals surface area (Å²) in [5.74, 6) is 0. The van der Waals surface area contributed by atoms with Crippen molar-refractivity contribution in [1.82, 2.24) is 4.31 Å². The Hall–Kier alpha value is -0.590. The lowest BCUT2D eigenvalue weighted by Gasteiger charge is -2.16. The third-order valence-corrected chi connectivity index (χ3v) is 6.92. The van der Waals surface area contributed by atoms with Gasteiger partial charge in [0.05, 0.1) is 13.6 Å². The maximum Gasteiger partial charge on any atom is 0.243 e. The number of sulfonamides is 1. The van der Waals surface area contributed by atoms with Crippen molar-refractivity contribution in [2.24, 2.45) is 0 Å². The molecule has 0 bridgehead atoms. The molecule has 1 aliphatic heterocycles. The molecular weight excluding hydrogens is 337 g/mol. The number of fused-ring (bicyclic) bond motifs is 1. The van der Waals surface area contributed by atoms with E-state index < -0.39 is 10.0 Å². The van der Waals surface area contributed by atoms with E-state index in [0.29, 0.717) is 13.6 Å². The second-order valence-corrected chi connectivity index (χ2v) is 8.86. The Morgan fingerprint density at radius 1 is 1.05 bits per heavy atom. The van der Waals surface area contributed by atoms with Crippen LogP contribution < -0.4 is 0 Å². The summed E-state index contributed by atoms with van der Waals surface area (Å²) in [6.07, 6.45) is 0. The van der Waals surface area contributed by atoms with Crippen molar-refractivity contribution in [3.8, 4) is 0 Å². The molecule has 2 aromatic rings. The third-order valence-electron chi connectivity index (χ3n) is 3.35. The Kier molecular flexibility index (Phi) is 3.59. The molecule has 0 N–H and O–H groups in total. The topological polar surface area (TPSA) is 37.4 Å². The lowest BCUT2D eigenvalue weighted by molar-refractivity contribution is 0.431. The number of benzene rings is 1. The SMILES string of the molecule is Cc1ccc(S(=O)(=O)N2Cc3c(Cl)sc(Cl)c3C2)cc1. The van der Waals surface area contributed by atoms with Crippen molar-refractivity contribution >= 4 is 44.6 Å². The fourth-order valence-corrected chi connectivity index (χ4v) is 5.28. The Bertz CT molecular complexity index is 740. The number of hydrogen-bond donors (Lipinski definition) is 0. The van der Waals surface area contributed by atoms with Crippen molar-refractivity contribution < 1.29 is 8.42 Å². The molecule has 0 atom stereocenters. The second kappa shape index (κ2) is 5.00. The predicted octanol–water partition coefficient (Wildman–Crippen LogP) is 4.07. The maximum absolute atomic E-state index is 12.6. The number of hydrogen-bond acceptors (Lipinski definition) is 3. The summed E-state index contributed by atoms with van der Waals surface area (Å²) in [4.78, 5) is 0.296. The van der Waals surface area contributed by atoms with Crippen LogP contribution in [0.1, 0.15) is 16.7 Å². The molecular formula is C13H11Cl2NO2S2. The van der Waals surface area contributed by atoms with Gasteiger partial charge in [-0.1, -0.05) is 40.9 Å². The minimum Gasteiger partial charge on any atom is -0.207 e. The molecule has 0 saturated carbocycles. The monoisotopic (exact) mass is 347 g/mol. The molecule has 2 heterocycles. The molecule has 1 aromatic carbocycles. The molecule has 3 nitrogen and oxygen atoms in total. The first kappa shape index (κ1) is 14.4. The van der Waals surface area contributed by atoms with Crippen LogP contribution >= 0.6 is 34.5 Å². The van der Waals surface area contributed by atoms with Gasteiger partial charge in [-0.15, -0.1) is 11.3 Å². The van der Waals surface area contributed by atoms with Crippen LogP contribution in [0.25, 0.3) is 0 Å². The van der Waals surface area contributed by atoms with Gasteiger partial charge < -0.3 is 0 Å². The van der Waals surface area contributed by atoms with Crippen LogP contribution in [0.3, 0.4) is 0 Å². The van der Waals surface area contributed by atoms with Crippen molar-refractivity contribution in [3.63, 3.8) is 0 Å². The molecule has 7 heteroatoms. The highest BCUT2D eigenvalue weighted by Crippen LogP contribution is 2.43. The van der Waals surface area contributed by atoms with E-state index in [2.05, 4.69) is 0 Å². The molecule has 0 spiro atoms. The van der Waals surface area contributed by atoms with E-state index in [0.717, 1.165) is 16.7 Å². The fourth-order valence-electron chi connectivity index (χ4n) is 2.19. The minimum absolute atomic E-state index is 0.285. The average molecular weight is 348 g/mol. The molecule has 0 aliphatic carbocycles. The molecule has 1 aliphatic rings. The number of aryl methyl sites for hydroxylation is 1. The van der Waals surface area contributed by atoms with Crippen molar-refractivity contribution in [2.75, 3.05) is 0 Å². The lowest BCUT2D eigenvalue weighted by atomic mass is 10.2. The zero-order valence-corrected chi connectivity index (χ0v) is 13.7. The van der Waals surface area contributed by atoms with Gasteiger partial charge in [0.1, 0.15) is 0 Å². The van der Waals surface area contributed by atoms with Gasteiger partial charge in [0, 0.05) is 24.2 Å². The quantitative estimate of drug-likeness (QED) is 0.821. The highest BCUT2D eigenvalue weighted by atomic mass is 35.5. The number of nitrogens with zero attached hydrogens (tertiary/aromatic N) is 1. The highest BCUT2D eigenvalue weighted by molar-refractivity contribution is 7.89. The van der Waals surface area contributed by atoms with Crippen LogP contribution in [-0.2, 0) is 23.1 Å². The van der Waals surface area contributed by atoms with Gasteiger partial charge >= 0.3 is 0 Å². The van der Waals surface area contributed by atoms with E-state index >= 15 is 0 Å². The molecule has 0 fully saturated rings. The molecule has 106 valence electrons. The molecule has 0 saturated heterocycles. The molecule has 3 rings (SSSR count). The summed E-state index contributed by atoms with van der Waals surface area (Å²) in [6, 6.07) is 6.83. The Labute approximate surface area is 131 Å². The molecule has 0 amide bonds. The number of rotatable bonds is 2.